The third kappa shape index (κ3) is 3.36. The maximum absolute atomic E-state index is 10.9. The second-order valence-corrected chi connectivity index (χ2v) is 3.58. The molecule has 1 N–H and O–H groups in total. The Hall–Kier alpha value is -0.270. The van der Waals surface area contributed by atoms with Crippen molar-refractivity contribution in [1.82, 2.24) is 0 Å². The summed E-state index contributed by atoms with van der Waals surface area (Å²) in [6.45, 7) is 0. The summed E-state index contributed by atoms with van der Waals surface area (Å²) >= 11 is -2.08. The molecule has 0 saturated carbocycles. The molecule has 0 heterocycles. The second-order valence-electron chi connectivity index (χ2n) is 2.61. The van der Waals surface area contributed by atoms with Gasteiger partial charge in [0.15, 0.2) is 22.6 Å². The Morgan fingerprint density at radius 2 is 1.50 bits per heavy atom. The van der Waals surface area contributed by atoms with Gasteiger partial charge in [0.25, 0.3) is 0 Å². The first kappa shape index (κ1) is 15.7. The van der Waals surface area contributed by atoms with Gasteiger partial charge in [-0.1, -0.05) is 0 Å². The van der Waals surface area contributed by atoms with Crippen LogP contribution < -0.4 is 14.2 Å². The van der Waals surface area contributed by atoms with Gasteiger partial charge in [-0.3, -0.25) is 0 Å². The third-order valence-electron chi connectivity index (χ3n) is 1.84. The fourth-order valence-electron chi connectivity index (χ4n) is 1.16. The van der Waals surface area contributed by atoms with E-state index in [1.807, 2.05) is 0 Å². The second kappa shape index (κ2) is 7.13. The number of hydrogen-bond acceptors (Lipinski definition) is 4. The summed E-state index contributed by atoms with van der Waals surface area (Å²) < 4.78 is 34.9. The van der Waals surface area contributed by atoms with Crippen molar-refractivity contribution in [3.63, 3.8) is 0 Å². The Kier molecular flexibility index (Phi) is 7.01. The molecular formula is C9H13NaO5S. The number of rotatable bonds is 4. The molecule has 0 bridgehead atoms. The summed E-state index contributed by atoms with van der Waals surface area (Å²) in [5, 5.41) is 0. The summed E-state index contributed by atoms with van der Waals surface area (Å²) in [4.78, 5) is 0.199. The zero-order chi connectivity index (χ0) is 11.4. The molecule has 0 spiro atoms. The first-order chi connectivity index (χ1) is 7.13. The monoisotopic (exact) mass is 256 g/mol. The molecule has 0 aliphatic carbocycles. The van der Waals surface area contributed by atoms with Gasteiger partial charge in [0.1, 0.15) is 0 Å². The van der Waals surface area contributed by atoms with E-state index in [0.29, 0.717) is 17.2 Å². The van der Waals surface area contributed by atoms with E-state index in [9.17, 15) is 4.21 Å². The molecular weight excluding hydrogens is 243 g/mol. The fraction of sp³-hybridized carbons (Fsp3) is 0.333. The van der Waals surface area contributed by atoms with Crippen LogP contribution in [0.3, 0.4) is 0 Å². The normalized spacial score (nSPS) is 11.2. The Bertz CT molecular complexity index is 357. The summed E-state index contributed by atoms with van der Waals surface area (Å²) in [6, 6.07) is 2.86. The van der Waals surface area contributed by atoms with Crippen molar-refractivity contribution in [2.45, 2.75) is 4.90 Å². The Labute approximate surface area is 119 Å². The van der Waals surface area contributed by atoms with Crippen LogP contribution in [0.5, 0.6) is 17.2 Å². The molecule has 1 unspecified atom stereocenters. The van der Waals surface area contributed by atoms with Crippen LogP contribution in [0.2, 0.25) is 0 Å². The van der Waals surface area contributed by atoms with E-state index < -0.39 is 11.1 Å². The first-order valence-corrected chi connectivity index (χ1v) is 5.15. The van der Waals surface area contributed by atoms with Crippen molar-refractivity contribution >= 4 is 40.6 Å². The predicted molar refractivity (Wildman–Crippen MR) is 62.3 cm³/mol. The van der Waals surface area contributed by atoms with Gasteiger partial charge in [0.05, 0.1) is 26.2 Å². The van der Waals surface area contributed by atoms with E-state index in [1.54, 1.807) is 0 Å². The van der Waals surface area contributed by atoms with E-state index in [1.165, 1.54) is 33.5 Å². The first-order valence-electron chi connectivity index (χ1n) is 4.05. The van der Waals surface area contributed by atoms with E-state index >= 15 is 0 Å². The molecule has 16 heavy (non-hydrogen) atoms. The molecule has 0 fully saturated rings. The van der Waals surface area contributed by atoms with Gasteiger partial charge < -0.3 is 18.8 Å². The van der Waals surface area contributed by atoms with Crippen molar-refractivity contribution in [2.24, 2.45) is 0 Å². The van der Waals surface area contributed by atoms with Crippen LogP contribution in [-0.2, 0) is 11.1 Å². The summed E-state index contributed by atoms with van der Waals surface area (Å²) in [5.74, 6) is 1.11. The van der Waals surface area contributed by atoms with Crippen molar-refractivity contribution in [3.8, 4) is 17.2 Å². The molecule has 1 aromatic carbocycles. The van der Waals surface area contributed by atoms with E-state index in [0.717, 1.165) is 0 Å². The molecule has 86 valence electrons. The molecule has 0 aromatic heterocycles. The van der Waals surface area contributed by atoms with Gasteiger partial charge in [-0.15, -0.1) is 0 Å². The zero-order valence-corrected chi connectivity index (χ0v) is 9.46. The summed E-state index contributed by atoms with van der Waals surface area (Å²) in [6.07, 6.45) is 0. The molecule has 1 rings (SSSR count). The van der Waals surface area contributed by atoms with Gasteiger partial charge in [0, 0.05) is 12.1 Å². The molecule has 0 amide bonds. The number of methoxy groups -OCH3 is 3. The predicted octanol–water partition coefficient (Wildman–Crippen LogP) is 0.644. The molecule has 0 aliphatic rings. The third-order valence-corrected chi connectivity index (χ3v) is 2.48. The van der Waals surface area contributed by atoms with Gasteiger partial charge >= 0.3 is 29.6 Å². The van der Waals surface area contributed by atoms with Crippen LogP contribution in [0.25, 0.3) is 0 Å². The van der Waals surface area contributed by atoms with Crippen LogP contribution in [0.4, 0.5) is 0 Å². The SMILES string of the molecule is COc1cc(S(=O)O)cc(OC)c1OC.[NaH]. The average Bonchev–Trinajstić information content (AvgIpc) is 2.26. The van der Waals surface area contributed by atoms with Crippen LogP contribution in [0, 0.1) is 0 Å². The van der Waals surface area contributed by atoms with Gasteiger partial charge in [0.2, 0.25) is 5.75 Å². The van der Waals surface area contributed by atoms with Crippen LogP contribution in [0.1, 0.15) is 0 Å². The average molecular weight is 256 g/mol. The molecule has 7 heteroatoms. The Morgan fingerprint density at radius 3 is 1.75 bits per heavy atom. The van der Waals surface area contributed by atoms with Crippen molar-refractivity contribution < 1.29 is 23.0 Å². The van der Waals surface area contributed by atoms with Gasteiger partial charge in [-0.25, -0.2) is 4.21 Å². The molecule has 0 aliphatic heterocycles. The van der Waals surface area contributed by atoms with Crippen LogP contribution in [0.15, 0.2) is 17.0 Å². The number of benzene rings is 1. The Balaban J connectivity index is 0.00000225. The molecule has 0 radical (unpaired) electrons. The van der Waals surface area contributed by atoms with Crippen molar-refractivity contribution in [2.75, 3.05) is 21.3 Å². The summed E-state index contributed by atoms with van der Waals surface area (Å²) in [7, 11) is 4.36. The minimum absolute atomic E-state index is 0. The molecule has 0 saturated heterocycles. The standard InChI is InChI=1S/C9H12O5S.Na.H/c1-12-7-4-6(15(10)11)5-8(13-2)9(7)14-3;;/h4-5H,1-3H3,(H,10,11);;. The van der Waals surface area contributed by atoms with Gasteiger partial charge in [-0.05, 0) is 0 Å². The van der Waals surface area contributed by atoms with E-state index in [2.05, 4.69) is 0 Å². The quantitative estimate of drug-likeness (QED) is 0.632. The van der Waals surface area contributed by atoms with Gasteiger partial charge in [-0.2, -0.15) is 0 Å². The molecule has 5 nitrogen and oxygen atoms in total. The van der Waals surface area contributed by atoms with E-state index in [-0.39, 0.29) is 34.5 Å². The summed E-state index contributed by atoms with van der Waals surface area (Å²) in [5.41, 5.74) is 0. The minimum atomic E-state index is -2.08. The number of ether oxygens (including phenoxy) is 3. The van der Waals surface area contributed by atoms with Crippen LogP contribution in [-0.4, -0.2) is 59.6 Å². The molecule has 1 aromatic rings. The Morgan fingerprint density at radius 1 is 1.06 bits per heavy atom. The van der Waals surface area contributed by atoms with Crippen molar-refractivity contribution in [1.29, 1.82) is 0 Å². The van der Waals surface area contributed by atoms with E-state index in [4.69, 9.17) is 18.8 Å². The zero-order valence-electron chi connectivity index (χ0n) is 8.64. The van der Waals surface area contributed by atoms with Crippen molar-refractivity contribution in [3.05, 3.63) is 12.1 Å². The maximum atomic E-state index is 10.9. The topological polar surface area (TPSA) is 65.0 Å². The van der Waals surface area contributed by atoms with Crippen LogP contribution >= 0.6 is 0 Å². The number of hydrogen-bond donors (Lipinski definition) is 1. The fourth-order valence-corrected chi connectivity index (χ4v) is 1.57. The molecule has 1 atom stereocenters.